The Morgan fingerprint density at radius 3 is 0.500 bits per heavy atom. The maximum Gasteiger partial charge on any atom is 2.00 e. The second-order valence-electron chi connectivity index (χ2n) is 0. The maximum absolute atomic E-state index is 0. The molecule has 0 aromatic carbocycles. The number of hydrogen-bond donors (Lipinski definition) is 0. The molecule has 26 valence electrons. The third-order valence-electron chi connectivity index (χ3n) is 0. The average molecular weight is 142 g/mol. The standard InChI is InChI=1S/2Mn.2O/q2*+2;2*-2. The van der Waals surface area contributed by atoms with Gasteiger partial charge < -0.3 is 11.0 Å². The van der Waals surface area contributed by atoms with Gasteiger partial charge in [0.1, 0.15) is 0 Å². The summed E-state index contributed by atoms with van der Waals surface area (Å²) in [4.78, 5) is 0. The van der Waals surface area contributed by atoms with E-state index in [1.54, 1.807) is 0 Å². The van der Waals surface area contributed by atoms with Crippen molar-refractivity contribution in [2.45, 2.75) is 0 Å². The van der Waals surface area contributed by atoms with Crippen LogP contribution in [0.4, 0.5) is 0 Å². The summed E-state index contributed by atoms with van der Waals surface area (Å²) in [6.07, 6.45) is 0. The molecule has 2 nitrogen and oxygen atoms in total. The van der Waals surface area contributed by atoms with Gasteiger partial charge in [-0.1, -0.05) is 0 Å². The van der Waals surface area contributed by atoms with Crippen LogP contribution in [0.3, 0.4) is 0 Å². The maximum atomic E-state index is 0. The normalized spacial score (nSPS) is 0. The Kier molecular flexibility index (Phi) is 796. The van der Waals surface area contributed by atoms with Crippen molar-refractivity contribution in [3.63, 3.8) is 0 Å². The summed E-state index contributed by atoms with van der Waals surface area (Å²) >= 11 is 0. The van der Waals surface area contributed by atoms with Crippen LogP contribution in [-0.2, 0) is 45.1 Å². The first-order valence-electron chi connectivity index (χ1n) is 0. The first-order chi connectivity index (χ1) is 0. The molecule has 2 radical (unpaired) electrons. The van der Waals surface area contributed by atoms with Crippen molar-refractivity contribution in [3.8, 4) is 0 Å². The molecule has 0 bridgehead atoms. The SMILES string of the molecule is [Mn+2].[Mn+2].[O-2].[O-2]. The molecule has 0 rings (SSSR count). The zero-order chi connectivity index (χ0) is 0. The minimum atomic E-state index is 0. The van der Waals surface area contributed by atoms with Gasteiger partial charge in [-0.2, -0.15) is 0 Å². The Hall–Kier alpha value is 0.959. The van der Waals surface area contributed by atoms with Crippen molar-refractivity contribution in [2.24, 2.45) is 0 Å². The summed E-state index contributed by atoms with van der Waals surface area (Å²) in [6, 6.07) is 0. The van der Waals surface area contributed by atoms with E-state index in [0.717, 1.165) is 0 Å². The monoisotopic (exact) mass is 142 g/mol. The van der Waals surface area contributed by atoms with Crippen LogP contribution >= 0.6 is 0 Å². The van der Waals surface area contributed by atoms with E-state index in [4.69, 9.17) is 0 Å². The molecule has 0 heterocycles. The molecule has 0 aliphatic rings. The smallest absolute Gasteiger partial charge is 2.00 e. The summed E-state index contributed by atoms with van der Waals surface area (Å²) in [5.74, 6) is 0. The van der Waals surface area contributed by atoms with Crippen molar-refractivity contribution < 1.29 is 45.1 Å². The van der Waals surface area contributed by atoms with Gasteiger partial charge in [-0.15, -0.1) is 0 Å². The van der Waals surface area contributed by atoms with Crippen LogP contribution in [0, 0.1) is 0 Å². The molecular weight excluding hydrogens is 142 g/mol. The van der Waals surface area contributed by atoms with Gasteiger partial charge in [0, 0.05) is 0 Å². The van der Waals surface area contributed by atoms with Gasteiger partial charge in [-0.25, -0.2) is 0 Å². The summed E-state index contributed by atoms with van der Waals surface area (Å²) < 4.78 is 0. The van der Waals surface area contributed by atoms with Crippen LogP contribution in [0.5, 0.6) is 0 Å². The Labute approximate surface area is 45.5 Å². The van der Waals surface area contributed by atoms with Gasteiger partial charge in [0.05, 0.1) is 0 Å². The third kappa shape index (κ3) is 12.3. The van der Waals surface area contributed by atoms with E-state index in [0.29, 0.717) is 0 Å². The van der Waals surface area contributed by atoms with E-state index in [2.05, 4.69) is 0 Å². The second-order valence-corrected chi connectivity index (χ2v) is 0. The third-order valence-corrected chi connectivity index (χ3v) is 0. The minimum Gasteiger partial charge on any atom is -2.00 e. The second kappa shape index (κ2) is 37.7. The Bertz CT molecular complexity index is 4.00. The van der Waals surface area contributed by atoms with Gasteiger partial charge >= 0.3 is 34.1 Å². The van der Waals surface area contributed by atoms with Gasteiger partial charge in [0.15, 0.2) is 0 Å². The minimum absolute atomic E-state index is 0. The molecule has 0 aliphatic heterocycles. The van der Waals surface area contributed by atoms with Crippen LogP contribution < -0.4 is 0 Å². The van der Waals surface area contributed by atoms with E-state index in [1.807, 2.05) is 0 Å². The predicted molar refractivity (Wildman–Crippen MR) is 1.37 cm³/mol. The summed E-state index contributed by atoms with van der Waals surface area (Å²) in [5.41, 5.74) is 0. The fourth-order valence-corrected chi connectivity index (χ4v) is 0. The average Bonchev–Trinajstić information content (AvgIpc) is 0. The summed E-state index contributed by atoms with van der Waals surface area (Å²) in [6.45, 7) is 0. The zero-order valence-corrected chi connectivity index (χ0v) is 3.93. The largest absolute Gasteiger partial charge is 2.00 e. The van der Waals surface area contributed by atoms with Crippen molar-refractivity contribution >= 4 is 0 Å². The molecule has 4 heteroatoms. The van der Waals surface area contributed by atoms with E-state index in [9.17, 15) is 0 Å². The van der Waals surface area contributed by atoms with E-state index >= 15 is 0 Å². The Morgan fingerprint density at radius 2 is 0.500 bits per heavy atom. The zero-order valence-electron chi connectivity index (χ0n) is 1.57. The first kappa shape index (κ1) is 84.5. The summed E-state index contributed by atoms with van der Waals surface area (Å²) in [5, 5.41) is 0. The van der Waals surface area contributed by atoms with E-state index in [-0.39, 0.29) is 45.1 Å². The fourth-order valence-electron chi connectivity index (χ4n) is 0. The molecule has 0 saturated carbocycles. The van der Waals surface area contributed by atoms with Crippen LogP contribution in [-0.4, -0.2) is 0 Å². The Balaban J connectivity index is 0. The molecule has 0 unspecified atom stereocenters. The topological polar surface area (TPSA) is 57.0 Å². The van der Waals surface area contributed by atoms with Crippen molar-refractivity contribution in [3.05, 3.63) is 0 Å². The first-order valence-corrected chi connectivity index (χ1v) is 0. The van der Waals surface area contributed by atoms with Gasteiger partial charge in [-0.3, -0.25) is 0 Å². The molecule has 0 saturated heterocycles. The predicted octanol–water partition coefficient (Wildman–Crippen LogP) is -0.243. The molecule has 4 heavy (non-hydrogen) atoms. The molecule has 0 amide bonds. The molecule has 0 aromatic rings. The van der Waals surface area contributed by atoms with Gasteiger partial charge in [-0.05, 0) is 0 Å². The van der Waals surface area contributed by atoms with Crippen LogP contribution in [0.25, 0.3) is 0 Å². The van der Waals surface area contributed by atoms with Crippen molar-refractivity contribution in [1.29, 1.82) is 0 Å². The fraction of sp³-hybridized carbons (Fsp3) is 0. The van der Waals surface area contributed by atoms with E-state index in [1.165, 1.54) is 0 Å². The van der Waals surface area contributed by atoms with Gasteiger partial charge in [0.2, 0.25) is 0 Å². The van der Waals surface area contributed by atoms with Crippen LogP contribution in [0.15, 0.2) is 0 Å². The number of rotatable bonds is 0. The van der Waals surface area contributed by atoms with E-state index < -0.39 is 0 Å². The molecule has 0 atom stereocenters. The van der Waals surface area contributed by atoms with Crippen molar-refractivity contribution in [2.75, 3.05) is 0 Å². The van der Waals surface area contributed by atoms with Crippen molar-refractivity contribution in [1.82, 2.24) is 0 Å². The summed E-state index contributed by atoms with van der Waals surface area (Å²) in [7, 11) is 0. The Morgan fingerprint density at radius 1 is 0.500 bits per heavy atom. The molecule has 0 fully saturated rings. The van der Waals surface area contributed by atoms with Crippen LogP contribution in [0.2, 0.25) is 0 Å². The quantitative estimate of drug-likeness (QED) is 0.419. The van der Waals surface area contributed by atoms with Gasteiger partial charge in [0.25, 0.3) is 0 Å². The molecular formula is Mn2O2. The molecule has 0 N–H and O–H groups in total. The molecule has 0 aromatic heterocycles. The molecule has 0 spiro atoms. The molecule has 0 aliphatic carbocycles. The number of hydrogen-bond acceptors (Lipinski definition) is 0. The van der Waals surface area contributed by atoms with Crippen LogP contribution in [0.1, 0.15) is 0 Å².